The summed E-state index contributed by atoms with van der Waals surface area (Å²) < 4.78 is 8.66. The van der Waals surface area contributed by atoms with Crippen LogP contribution in [-0.2, 0) is 28.2 Å². The van der Waals surface area contributed by atoms with Crippen LogP contribution in [0.25, 0.3) is 22.8 Å². The molecule has 1 aromatic carbocycles. The molecule has 0 aliphatic carbocycles. The predicted octanol–water partition coefficient (Wildman–Crippen LogP) is 1.66. The molecule has 0 saturated carbocycles. The first-order chi connectivity index (χ1) is 10.0. The third-order valence-electron chi connectivity index (χ3n) is 4.18. The van der Waals surface area contributed by atoms with Crippen LogP contribution in [0.3, 0.4) is 0 Å². The largest absolute Gasteiger partial charge is 0.288 e. The zero-order valence-corrected chi connectivity index (χ0v) is 13.3. The van der Waals surface area contributed by atoms with Crippen molar-refractivity contribution in [3.05, 3.63) is 48.5 Å². The van der Waals surface area contributed by atoms with Gasteiger partial charge in [0, 0.05) is 0 Å². The van der Waals surface area contributed by atoms with Crippen molar-refractivity contribution in [1.29, 1.82) is 0 Å². The average molecular weight is 282 g/mol. The minimum Gasteiger partial charge on any atom is -0.233 e. The highest BCUT2D eigenvalue weighted by atomic mass is 15.1. The molecule has 4 nitrogen and oxygen atoms in total. The molecular formula is C17H22N4+2. The van der Waals surface area contributed by atoms with E-state index >= 15 is 0 Å². The lowest BCUT2D eigenvalue weighted by Gasteiger charge is -2.08. The number of aryl methyl sites for hydroxylation is 4. The Balaban J connectivity index is 2.26. The average Bonchev–Trinajstić information content (AvgIpc) is 2.95. The number of hydrogen-bond donors (Lipinski definition) is 0. The molecule has 0 aliphatic heterocycles. The molecule has 0 fully saturated rings. The third kappa shape index (κ3) is 2.07. The second-order valence-corrected chi connectivity index (χ2v) is 5.67. The van der Waals surface area contributed by atoms with Crippen LogP contribution in [0.5, 0.6) is 0 Å². The van der Waals surface area contributed by atoms with Crippen LogP contribution in [0.2, 0.25) is 0 Å². The molecule has 21 heavy (non-hydrogen) atoms. The SMILES string of the molecule is Cc1c(-c2n(C)cc[n+]2C)cccc1-c1n(C)cc[n+]1C. The summed E-state index contributed by atoms with van der Waals surface area (Å²) in [6.07, 6.45) is 8.35. The Morgan fingerprint density at radius 3 is 1.57 bits per heavy atom. The number of imidazole rings is 2. The van der Waals surface area contributed by atoms with Crippen molar-refractivity contribution < 1.29 is 9.13 Å². The summed E-state index contributed by atoms with van der Waals surface area (Å²) in [4.78, 5) is 0. The molecular weight excluding hydrogens is 260 g/mol. The maximum absolute atomic E-state index is 2.20. The van der Waals surface area contributed by atoms with E-state index in [0.29, 0.717) is 0 Å². The Morgan fingerprint density at radius 2 is 1.24 bits per heavy atom. The predicted molar refractivity (Wildman–Crippen MR) is 82.3 cm³/mol. The monoisotopic (exact) mass is 282 g/mol. The van der Waals surface area contributed by atoms with Gasteiger partial charge in [-0.1, -0.05) is 6.07 Å². The number of hydrogen-bond acceptors (Lipinski definition) is 0. The second kappa shape index (κ2) is 4.88. The Hall–Kier alpha value is -2.36. The van der Waals surface area contributed by atoms with Crippen LogP contribution in [0.15, 0.2) is 43.0 Å². The molecule has 0 bridgehead atoms. The molecule has 0 amide bonds. The topological polar surface area (TPSA) is 17.6 Å². The fourth-order valence-corrected chi connectivity index (χ4v) is 3.06. The van der Waals surface area contributed by atoms with Crippen LogP contribution in [0.4, 0.5) is 0 Å². The van der Waals surface area contributed by atoms with Gasteiger partial charge in [0.1, 0.15) is 24.8 Å². The molecule has 3 aromatic rings. The van der Waals surface area contributed by atoms with Crippen molar-refractivity contribution in [2.75, 3.05) is 0 Å². The Morgan fingerprint density at radius 1 is 0.810 bits per heavy atom. The highest BCUT2D eigenvalue weighted by Crippen LogP contribution is 2.28. The molecule has 0 radical (unpaired) electrons. The summed E-state index contributed by atoms with van der Waals surface area (Å²) in [5.41, 5.74) is 3.83. The van der Waals surface area contributed by atoms with Crippen molar-refractivity contribution in [3.63, 3.8) is 0 Å². The Kier molecular flexibility index (Phi) is 3.16. The quantitative estimate of drug-likeness (QED) is 0.636. The van der Waals surface area contributed by atoms with Crippen LogP contribution >= 0.6 is 0 Å². The van der Waals surface area contributed by atoms with E-state index < -0.39 is 0 Å². The summed E-state index contributed by atoms with van der Waals surface area (Å²) in [5.74, 6) is 2.43. The van der Waals surface area contributed by atoms with Gasteiger partial charge in [-0.05, 0) is 24.6 Å². The third-order valence-corrected chi connectivity index (χ3v) is 4.18. The van der Waals surface area contributed by atoms with Gasteiger partial charge in [-0.2, -0.15) is 0 Å². The molecule has 0 N–H and O–H groups in total. The lowest BCUT2D eigenvalue weighted by Crippen LogP contribution is -2.30. The van der Waals surface area contributed by atoms with Gasteiger partial charge in [0.05, 0.1) is 39.3 Å². The normalized spacial score (nSPS) is 11.1. The minimum absolute atomic E-state index is 1.21. The first kappa shape index (κ1) is 13.6. The van der Waals surface area contributed by atoms with Gasteiger partial charge in [0.15, 0.2) is 0 Å². The molecule has 0 unspecified atom stereocenters. The van der Waals surface area contributed by atoms with Gasteiger partial charge in [0.2, 0.25) is 0 Å². The van der Waals surface area contributed by atoms with Crippen LogP contribution in [-0.4, -0.2) is 9.13 Å². The molecule has 0 spiro atoms. The van der Waals surface area contributed by atoms with Crippen molar-refractivity contribution in [2.24, 2.45) is 28.2 Å². The van der Waals surface area contributed by atoms with Gasteiger partial charge >= 0.3 is 0 Å². The van der Waals surface area contributed by atoms with Crippen LogP contribution in [0, 0.1) is 6.92 Å². The van der Waals surface area contributed by atoms with Gasteiger partial charge in [-0.15, -0.1) is 0 Å². The smallest absolute Gasteiger partial charge is 0.233 e. The van der Waals surface area contributed by atoms with Gasteiger partial charge in [-0.25, -0.2) is 18.3 Å². The van der Waals surface area contributed by atoms with E-state index in [4.69, 9.17) is 0 Å². The second-order valence-electron chi connectivity index (χ2n) is 5.67. The molecule has 0 saturated heterocycles. The van der Waals surface area contributed by atoms with E-state index in [-0.39, 0.29) is 0 Å². The van der Waals surface area contributed by atoms with Crippen LogP contribution in [0.1, 0.15) is 5.56 Å². The van der Waals surface area contributed by atoms with Crippen LogP contribution < -0.4 is 9.13 Å². The number of aromatic nitrogens is 4. The van der Waals surface area contributed by atoms with E-state index in [1.807, 2.05) is 0 Å². The summed E-state index contributed by atoms with van der Waals surface area (Å²) in [6, 6.07) is 6.52. The molecule has 3 rings (SSSR count). The standard InChI is InChI=1S/C17H22N4/c1-13-14(16-18(2)9-10-19(16)3)7-6-8-15(13)17-20(4)11-12-21(17)5/h6-12H,1-5H3/q+2. The molecule has 2 heterocycles. The van der Waals surface area contributed by atoms with E-state index in [2.05, 4.69) is 96.4 Å². The zero-order valence-electron chi connectivity index (χ0n) is 13.3. The van der Waals surface area contributed by atoms with Crippen molar-refractivity contribution in [2.45, 2.75) is 6.92 Å². The van der Waals surface area contributed by atoms with Gasteiger partial charge < -0.3 is 0 Å². The first-order valence-corrected chi connectivity index (χ1v) is 7.13. The summed E-state index contributed by atoms with van der Waals surface area (Å²) >= 11 is 0. The maximum atomic E-state index is 2.20. The lowest BCUT2D eigenvalue weighted by atomic mass is 10.0. The minimum atomic E-state index is 1.21. The number of nitrogens with zero attached hydrogens (tertiary/aromatic N) is 4. The first-order valence-electron chi connectivity index (χ1n) is 7.13. The van der Waals surface area contributed by atoms with E-state index in [1.165, 1.54) is 28.3 Å². The molecule has 2 aromatic heterocycles. The van der Waals surface area contributed by atoms with Crippen molar-refractivity contribution in [3.8, 4) is 22.8 Å². The zero-order chi connectivity index (χ0) is 15.1. The molecule has 0 atom stereocenters. The number of benzene rings is 1. The Labute approximate surface area is 125 Å². The van der Waals surface area contributed by atoms with E-state index in [0.717, 1.165) is 0 Å². The Bertz CT molecular complexity index is 705. The van der Waals surface area contributed by atoms with E-state index in [9.17, 15) is 0 Å². The highest BCUT2D eigenvalue weighted by Gasteiger charge is 2.22. The van der Waals surface area contributed by atoms with Gasteiger partial charge in [0.25, 0.3) is 11.6 Å². The molecule has 108 valence electrons. The fourth-order valence-electron chi connectivity index (χ4n) is 3.06. The number of rotatable bonds is 2. The summed E-state index contributed by atoms with van der Waals surface area (Å²) in [6.45, 7) is 2.20. The molecule has 4 heteroatoms. The van der Waals surface area contributed by atoms with Crippen molar-refractivity contribution >= 4 is 0 Å². The van der Waals surface area contributed by atoms with Crippen molar-refractivity contribution in [1.82, 2.24) is 9.13 Å². The fraction of sp³-hybridized carbons (Fsp3) is 0.294. The highest BCUT2D eigenvalue weighted by molar-refractivity contribution is 5.70. The molecule has 0 aliphatic rings. The maximum Gasteiger partial charge on any atom is 0.288 e. The lowest BCUT2D eigenvalue weighted by molar-refractivity contribution is -0.659. The van der Waals surface area contributed by atoms with E-state index in [1.54, 1.807) is 0 Å². The summed E-state index contributed by atoms with van der Waals surface area (Å²) in [7, 11) is 8.35. The summed E-state index contributed by atoms with van der Waals surface area (Å²) in [5, 5.41) is 0. The van der Waals surface area contributed by atoms with Gasteiger partial charge in [-0.3, -0.25) is 0 Å².